The summed E-state index contributed by atoms with van der Waals surface area (Å²) in [4.78, 5) is 11.3. The molecule has 0 N–H and O–H groups in total. The highest BCUT2D eigenvalue weighted by atomic mass is 19.4. The zero-order chi connectivity index (χ0) is 17.1. The first kappa shape index (κ1) is 18.3. The average Bonchev–Trinajstić information content (AvgIpc) is 2.78. The smallest absolute Gasteiger partial charge is 0.435 e. The van der Waals surface area contributed by atoms with Gasteiger partial charge in [0.1, 0.15) is 0 Å². The van der Waals surface area contributed by atoms with Crippen molar-refractivity contribution < 1.29 is 35.9 Å². The predicted octanol–water partition coefficient (Wildman–Crippen LogP) is 3.52. The van der Waals surface area contributed by atoms with Crippen LogP contribution in [0.2, 0.25) is 0 Å². The Bertz CT molecular complexity index is 521. The molecule has 4 nitrogen and oxygen atoms in total. The van der Waals surface area contributed by atoms with E-state index in [0.717, 1.165) is 0 Å². The Hall–Kier alpha value is -1.74. The van der Waals surface area contributed by atoms with E-state index in [0.29, 0.717) is 6.07 Å². The minimum atomic E-state index is -4.94. The van der Waals surface area contributed by atoms with Crippen molar-refractivity contribution in [3.8, 4) is 0 Å². The van der Waals surface area contributed by atoms with Crippen molar-refractivity contribution in [3.05, 3.63) is 17.5 Å². The summed E-state index contributed by atoms with van der Waals surface area (Å²) in [6.07, 6.45) is -11.0. The summed E-state index contributed by atoms with van der Waals surface area (Å²) in [6.45, 7) is 2.68. The van der Waals surface area contributed by atoms with Crippen LogP contribution in [0.1, 0.15) is 37.7 Å². The number of halogens is 6. The van der Waals surface area contributed by atoms with Crippen LogP contribution in [0, 0.1) is 0 Å². The molecule has 1 rings (SSSR count). The van der Waals surface area contributed by atoms with Gasteiger partial charge in [0.2, 0.25) is 0 Å². The molecule has 0 aliphatic carbocycles. The number of rotatable bonds is 5. The fourth-order valence-corrected chi connectivity index (χ4v) is 1.82. The maximum atomic E-state index is 13.1. The molecular formula is C12H14F6N2O2. The van der Waals surface area contributed by atoms with Gasteiger partial charge in [-0.2, -0.15) is 31.4 Å². The number of hydrogen-bond donors (Lipinski definition) is 0. The van der Waals surface area contributed by atoms with Gasteiger partial charge in [0.15, 0.2) is 11.7 Å². The fraction of sp³-hybridized carbons (Fsp3) is 0.667. The highest BCUT2D eigenvalue weighted by Gasteiger charge is 2.45. The van der Waals surface area contributed by atoms with Crippen LogP contribution < -0.4 is 0 Å². The van der Waals surface area contributed by atoms with Gasteiger partial charge in [0.05, 0.1) is 13.0 Å². The van der Waals surface area contributed by atoms with Gasteiger partial charge in [-0.1, -0.05) is 6.92 Å². The fourth-order valence-electron chi connectivity index (χ4n) is 1.82. The second kappa shape index (κ2) is 6.57. The number of carbonyl (C=O) groups excluding carboxylic acids is 1. The quantitative estimate of drug-likeness (QED) is 0.612. The van der Waals surface area contributed by atoms with Gasteiger partial charge in [-0.05, 0) is 19.4 Å². The van der Waals surface area contributed by atoms with E-state index in [1.54, 1.807) is 0 Å². The molecule has 0 radical (unpaired) electrons. The number of carbonyl (C=O) groups is 1. The van der Waals surface area contributed by atoms with E-state index in [4.69, 9.17) is 0 Å². The van der Waals surface area contributed by atoms with Gasteiger partial charge < -0.3 is 4.74 Å². The molecule has 0 aliphatic heterocycles. The van der Waals surface area contributed by atoms with E-state index in [1.165, 1.54) is 13.8 Å². The lowest BCUT2D eigenvalue weighted by Crippen LogP contribution is -2.31. The molecule has 126 valence electrons. The van der Waals surface area contributed by atoms with Gasteiger partial charge >= 0.3 is 18.3 Å². The van der Waals surface area contributed by atoms with Crippen molar-refractivity contribution >= 4 is 5.97 Å². The van der Waals surface area contributed by atoms with Crippen molar-refractivity contribution in [1.29, 1.82) is 0 Å². The summed E-state index contributed by atoms with van der Waals surface area (Å²) in [6, 6.07) is -1.96. The van der Waals surface area contributed by atoms with E-state index in [9.17, 15) is 31.1 Å². The monoisotopic (exact) mass is 332 g/mol. The molecule has 1 heterocycles. The Morgan fingerprint density at radius 2 is 1.86 bits per heavy atom. The lowest BCUT2D eigenvalue weighted by molar-refractivity contribution is -0.182. The molecule has 0 aromatic carbocycles. The molecule has 1 aromatic heterocycles. The van der Waals surface area contributed by atoms with E-state index in [-0.39, 0.29) is 23.4 Å². The molecule has 0 saturated heterocycles. The van der Waals surface area contributed by atoms with Crippen LogP contribution in [0.4, 0.5) is 26.3 Å². The summed E-state index contributed by atoms with van der Waals surface area (Å²) >= 11 is 0. The van der Waals surface area contributed by atoms with E-state index < -0.39 is 36.5 Å². The van der Waals surface area contributed by atoms with Crippen molar-refractivity contribution in [2.45, 2.75) is 45.1 Å². The molecule has 10 heteroatoms. The molecule has 0 bridgehead atoms. The summed E-state index contributed by atoms with van der Waals surface area (Å²) in [5, 5.41) is 3.00. The molecule has 0 spiro atoms. The molecule has 1 unspecified atom stereocenters. The topological polar surface area (TPSA) is 44.1 Å². The van der Waals surface area contributed by atoms with Crippen molar-refractivity contribution in [3.63, 3.8) is 0 Å². The lowest BCUT2D eigenvalue weighted by Gasteiger charge is -2.21. The van der Waals surface area contributed by atoms with Gasteiger partial charge in [-0.15, -0.1) is 0 Å². The molecule has 22 heavy (non-hydrogen) atoms. The third kappa shape index (κ3) is 4.38. The molecule has 1 atom stereocenters. The number of aromatic nitrogens is 2. The summed E-state index contributed by atoms with van der Waals surface area (Å²) in [5.41, 5.74) is -1.69. The third-order valence-corrected chi connectivity index (χ3v) is 2.80. The van der Waals surface area contributed by atoms with Crippen molar-refractivity contribution in [1.82, 2.24) is 9.78 Å². The maximum absolute atomic E-state index is 13.1. The van der Waals surface area contributed by atoms with Crippen LogP contribution in [0.25, 0.3) is 0 Å². The maximum Gasteiger partial charge on any atom is 0.435 e. The van der Waals surface area contributed by atoms with Crippen LogP contribution >= 0.6 is 0 Å². The first-order valence-electron chi connectivity index (χ1n) is 6.38. The predicted molar refractivity (Wildman–Crippen MR) is 62.9 cm³/mol. The second-order valence-corrected chi connectivity index (χ2v) is 4.38. The van der Waals surface area contributed by atoms with Gasteiger partial charge in [0, 0.05) is 5.69 Å². The number of nitrogens with zero attached hydrogens (tertiary/aromatic N) is 2. The van der Waals surface area contributed by atoms with Gasteiger partial charge in [-0.25, -0.2) is 0 Å². The number of alkyl halides is 6. The van der Waals surface area contributed by atoms with Crippen LogP contribution in [0.15, 0.2) is 6.07 Å². The number of ether oxygens (including phenoxy) is 1. The Morgan fingerprint density at radius 1 is 1.27 bits per heavy atom. The Kier molecular flexibility index (Phi) is 5.47. The Balaban J connectivity index is 3.25. The normalized spacial score (nSPS) is 14.0. The molecule has 0 amide bonds. The first-order chi connectivity index (χ1) is 10.0. The summed E-state index contributed by atoms with van der Waals surface area (Å²) in [7, 11) is 0. The second-order valence-electron chi connectivity index (χ2n) is 4.38. The first-order valence-corrected chi connectivity index (χ1v) is 6.38. The number of hydrogen-bond acceptors (Lipinski definition) is 3. The number of esters is 1. The van der Waals surface area contributed by atoms with Crippen molar-refractivity contribution in [2.75, 3.05) is 6.61 Å². The standard InChI is InChI=1S/C12H14F6N2O2/c1-3-7-5-8(11(13,14)15)19-20(7)9(12(16,17)18)6-10(21)22-4-2/h5,9H,3-4,6H2,1-2H3. The SMILES string of the molecule is CCOC(=O)CC(n1nc(C(F)(F)F)cc1CC)C(F)(F)F. The summed E-state index contributed by atoms with van der Waals surface area (Å²) < 4.78 is 81.7. The highest BCUT2D eigenvalue weighted by Crippen LogP contribution is 2.36. The zero-order valence-electron chi connectivity index (χ0n) is 11.8. The minimum Gasteiger partial charge on any atom is -0.466 e. The highest BCUT2D eigenvalue weighted by molar-refractivity contribution is 5.70. The molecular weight excluding hydrogens is 318 g/mol. The van der Waals surface area contributed by atoms with Crippen molar-refractivity contribution in [2.24, 2.45) is 0 Å². The van der Waals surface area contributed by atoms with Crippen LogP contribution in [-0.2, 0) is 22.1 Å². The largest absolute Gasteiger partial charge is 0.466 e. The van der Waals surface area contributed by atoms with E-state index in [1.807, 2.05) is 0 Å². The van der Waals surface area contributed by atoms with Gasteiger partial charge in [0.25, 0.3) is 0 Å². The van der Waals surface area contributed by atoms with Crippen LogP contribution in [0.3, 0.4) is 0 Å². The zero-order valence-corrected chi connectivity index (χ0v) is 11.8. The molecule has 0 saturated carbocycles. The lowest BCUT2D eigenvalue weighted by atomic mass is 10.2. The number of aryl methyl sites for hydroxylation is 1. The Labute approximate surface area is 122 Å². The minimum absolute atomic E-state index is 0.0987. The van der Waals surface area contributed by atoms with E-state index >= 15 is 0 Å². The molecule has 1 aromatic rings. The average molecular weight is 332 g/mol. The Morgan fingerprint density at radius 3 is 2.27 bits per heavy atom. The van der Waals surface area contributed by atoms with E-state index in [2.05, 4.69) is 9.84 Å². The third-order valence-electron chi connectivity index (χ3n) is 2.80. The van der Waals surface area contributed by atoms with Crippen LogP contribution in [-0.4, -0.2) is 28.5 Å². The summed E-state index contributed by atoms with van der Waals surface area (Å²) in [5.74, 6) is -1.16. The van der Waals surface area contributed by atoms with Crippen LogP contribution in [0.5, 0.6) is 0 Å². The molecule has 0 fully saturated rings. The van der Waals surface area contributed by atoms with Gasteiger partial charge in [-0.3, -0.25) is 9.48 Å². The molecule has 0 aliphatic rings.